The molecular formula is C37H27F3N4O2. The van der Waals surface area contributed by atoms with Gasteiger partial charge in [0, 0.05) is 22.8 Å². The van der Waals surface area contributed by atoms with Gasteiger partial charge in [0.1, 0.15) is 0 Å². The Labute approximate surface area is 263 Å². The quantitative estimate of drug-likeness (QED) is 0.189. The van der Waals surface area contributed by atoms with Crippen molar-refractivity contribution in [2.75, 3.05) is 5.32 Å². The number of pyridine rings is 2. The molecular weight excluding hydrogens is 589 g/mol. The Morgan fingerprint density at radius 3 is 2.17 bits per heavy atom. The number of hydrogen-bond donors (Lipinski definition) is 2. The summed E-state index contributed by atoms with van der Waals surface area (Å²) in [4.78, 5) is 36.0. The number of benzene rings is 4. The van der Waals surface area contributed by atoms with Crippen molar-refractivity contribution in [1.29, 1.82) is 0 Å². The van der Waals surface area contributed by atoms with E-state index in [2.05, 4.69) is 20.6 Å². The van der Waals surface area contributed by atoms with Gasteiger partial charge in [-0.1, -0.05) is 72.8 Å². The van der Waals surface area contributed by atoms with Crippen LogP contribution in [0.4, 0.5) is 18.9 Å². The van der Waals surface area contributed by atoms with Gasteiger partial charge in [-0.3, -0.25) is 19.6 Å². The van der Waals surface area contributed by atoms with Crippen LogP contribution < -0.4 is 10.6 Å². The van der Waals surface area contributed by atoms with E-state index in [1.807, 2.05) is 48.5 Å². The first kappa shape index (κ1) is 30.2. The van der Waals surface area contributed by atoms with Crippen molar-refractivity contribution >= 4 is 28.4 Å². The van der Waals surface area contributed by atoms with Gasteiger partial charge in [-0.2, -0.15) is 13.2 Å². The lowest BCUT2D eigenvalue weighted by molar-refractivity contribution is -0.137. The van der Waals surface area contributed by atoms with E-state index < -0.39 is 23.7 Å². The predicted octanol–water partition coefficient (Wildman–Crippen LogP) is 8.40. The van der Waals surface area contributed by atoms with Crippen LogP contribution in [0, 0.1) is 6.92 Å². The SMILES string of the molecule is Cc1nc2cc(NC(=O)c3ccccc3-c3ccc(C(F)(F)F)cc3)ccc2cc1C(=O)N[C@@H](c1ccccc1)c1ccccn1. The number of aromatic nitrogens is 2. The van der Waals surface area contributed by atoms with Crippen LogP contribution in [0.25, 0.3) is 22.0 Å². The molecule has 2 heterocycles. The monoisotopic (exact) mass is 616 g/mol. The zero-order chi connectivity index (χ0) is 32.3. The molecule has 0 saturated heterocycles. The zero-order valence-electron chi connectivity index (χ0n) is 24.5. The molecule has 2 N–H and O–H groups in total. The molecule has 0 saturated carbocycles. The van der Waals surface area contributed by atoms with Crippen molar-refractivity contribution in [2.45, 2.75) is 19.1 Å². The van der Waals surface area contributed by atoms with E-state index in [0.29, 0.717) is 50.2 Å². The predicted molar refractivity (Wildman–Crippen MR) is 171 cm³/mol. The molecule has 228 valence electrons. The second kappa shape index (κ2) is 12.6. The van der Waals surface area contributed by atoms with Gasteiger partial charge in [0.25, 0.3) is 11.8 Å². The third-order valence-corrected chi connectivity index (χ3v) is 7.60. The van der Waals surface area contributed by atoms with Crippen LogP contribution in [-0.4, -0.2) is 21.8 Å². The number of carbonyl (C=O) groups is 2. The number of alkyl halides is 3. The fourth-order valence-electron chi connectivity index (χ4n) is 5.27. The normalized spacial score (nSPS) is 12.0. The first-order valence-electron chi connectivity index (χ1n) is 14.4. The van der Waals surface area contributed by atoms with E-state index in [0.717, 1.165) is 17.7 Å². The number of fused-ring (bicyclic) bond motifs is 1. The first-order chi connectivity index (χ1) is 22.2. The third-order valence-electron chi connectivity index (χ3n) is 7.60. The van der Waals surface area contributed by atoms with Gasteiger partial charge in [-0.25, -0.2) is 0 Å². The average Bonchev–Trinajstić information content (AvgIpc) is 3.07. The summed E-state index contributed by atoms with van der Waals surface area (Å²) in [6.45, 7) is 1.75. The number of anilines is 1. The number of carbonyl (C=O) groups excluding carboxylic acids is 2. The smallest absolute Gasteiger partial charge is 0.339 e. The second-order valence-electron chi connectivity index (χ2n) is 10.7. The molecule has 6 nitrogen and oxygen atoms in total. The van der Waals surface area contributed by atoms with Gasteiger partial charge in [0.15, 0.2) is 0 Å². The molecule has 6 aromatic rings. The Balaban J connectivity index is 1.23. The summed E-state index contributed by atoms with van der Waals surface area (Å²) in [7, 11) is 0. The summed E-state index contributed by atoms with van der Waals surface area (Å²) < 4.78 is 39.2. The molecule has 1 atom stereocenters. The lowest BCUT2D eigenvalue weighted by Crippen LogP contribution is -2.30. The van der Waals surface area contributed by atoms with Crippen molar-refractivity contribution < 1.29 is 22.8 Å². The molecule has 0 radical (unpaired) electrons. The molecule has 46 heavy (non-hydrogen) atoms. The van der Waals surface area contributed by atoms with Crippen LogP contribution in [0.3, 0.4) is 0 Å². The Morgan fingerprint density at radius 2 is 1.46 bits per heavy atom. The first-order valence-corrected chi connectivity index (χ1v) is 14.4. The average molecular weight is 617 g/mol. The largest absolute Gasteiger partial charge is 0.416 e. The lowest BCUT2D eigenvalue weighted by Gasteiger charge is -2.19. The molecule has 2 aromatic heterocycles. The van der Waals surface area contributed by atoms with E-state index in [9.17, 15) is 22.8 Å². The third kappa shape index (κ3) is 6.49. The Bertz CT molecular complexity index is 1990. The van der Waals surface area contributed by atoms with Gasteiger partial charge in [0.2, 0.25) is 0 Å². The molecule has 4 aromatic carbocycles. The van der Waals surface area contributed by atoms with Crippen molar-refractivity contribution in [3.8, 4) is 11.1 Å². The van der Waals surface area contributed by atoms with Crippen LogP contribution in [0.15, 0.2) is 128 Å². The van der Waals surface area contributed by atoms with Crippen LogP contribution in [0.1, 0.15) is 49.3 Å². The summed E-state index contributed by atoms with van der Waals surface area (Å²) >= 11 is 0. The number of halogens is 3. The molecule has 0 aliphatic carbocycles. The number of hydrogen-bond acceptors (Lipinski definition) is 4. The zero-order valence-corrected chi connectivity index (χ0v) is 24.5. The molecule has 9 heteroatoms. The van der Waals surface area contributed by atoms with Crippen molar-refractivity contribution in [1.82, 2.24) is 15.3 Å². The summed E-state index contributed by atoms with van der Waals surface area (Å²) in [5.74, 6) is -0.729. The topological polar surface area (TPSA) is 84.0 Å². The van der Waals surface area contributed by atoms with E-state index >= 15 is 0 Å². The van der Waals surface area contributed by atoms with Gasteiger partial charge in [-0.15, -0.1) is 0 Å². The van der Waals surface area contributed by atoms with Crippen LogP contribution in [-0.2, 0) is 6.18 Å². The second-order valence-corrected chi connectivity index (χ2v) is 10.7. The summed E-state index contributed by atoms with van der Waals surface area (Å²) in [5.41, 5.74) is 4.09. The molecule has 0 aliphatic rings. The minimum atomic E-state index is -4.45. The van der Waals surface area contributed by atoms with Gasteiger partial charge in [-0.05, 0) is 72.1 Å². The van der Waals surface area contributed by atoms with E-state index in [1.54, 1.807) is 61.7 Å². The highest BCUT2D eigenvalue weighted by Gasteiger charge is 2.30. The van der Waals surface area contributed by atoms with Gasteiger partial charge >= 0.3 is 6.18 Å². The molecule has 0 unspecified atom stereocenters. The minimum absolute atomic E-state index is 0.302. The summed E-state index contributed by atoms with van der Waals surface area (Å²) in [5, 5.41) is 6.67. The Morgan fingerprint density at radius 1 is 0.739 bits per heavy atom. The molecule has 0 aliphatic heterocycles. The standard InChI is InChI=1S/C37H27F3N4O2/c1-23-31(36(46)44-34(25-9-3-2-4-10-25)32-13-7-8-20-41-32)21-26-16-19-28(22-33(26)42-23)43-35(45)30-12-6-5-11-29(30)24-14-17-27(18-15-24)37(38,39)40/h2-22,34H,1H3,(H,43,45)(H,44,46)/t34-/m0/s1. The van der Waals surface area contributed by atoms with E-state index in [-0.39, 0.29) is 5.91 Å². The lowest BCUT2D eigenvalue weighted by atomic mass is 9.98. The van der Waals surface area contributed by atoms with E-state index in [1.165, 1.54) is 12.1 Å². The maximum absolute atomic E-state index is 13.6. The Kier molecular flexibility index (Phi) is 8.31. The summed E-state index contributed by atoms with van der Waals surface area (Å²) in [6, 6.07) is 33.0. The maximum Gasteiger partial charge on any atom is 0.416 e. The molecule has 0 spiro atoms. The van der Waals surface area contributed by atoms with Crippen LogP contribution >= 0.6 is 0 Å². The number of amides is 2. The van der Waals surface area contributed by atoms with Crippen molar-refractivity contribution in [3.63, 3.8) is 0 Å². The van der Waals surface area contributed by atoms with Crippen molar-refractivity contribution in [3.05, 3.63) is 161 Å². The highest BCUT2D eigenvalue weighted by molar-refractivity contribution is 6.09. The highest BCUT2D eigenvalue weighted by Crippen LogP contribution is 2.32. The number of aryl methyl sites for hydroxylation is 1. The number of nitrogens with zero attached hydrogens (tertiary/aromatic N) is 2. The number of nitrogens with one attached hydrogen (secondary N) is 2. The van der Waals surface area contributed by atoms with E-state index in [4.69, 9.17) is 0 Å². The fourth-order valence-corrected chi connectivity index (χ4v) is 5.27. The van der Waals surface area contributed by atoms with Crippen LogP contribution in [0.2, 0.25) is 0 Å². The maximum atomic E-state index is 13.6. The highest BCUT2D eigenvalue weighted by atomic mass is 19.4. The molecule has 0 bridgehead atoms. The molecule has 2 amide bonds. The Hall–Kier alpha value is -5.83. The van der Waals surface area contributed by atoms with Crippen molar-refractivity contribution in [2.24, 2.45) is 0 Å². The summed E-state index contributed by atoms with van der Waals surface area (Å²) in [6.07, 6.45) is -2.77. The van der Waals surface area contributed by atoms with Gasteiger partial charge in [0.05, 0.1) is 34.1 Å². The van der Waals surface area contributed by atoms with Gasteiger partial charge < -0.3 is 10.6 Å². The fraction of sp³-hybridized carbons (Fsp3) is 0.0811. The molecule has 0 fully saturated rings. The number of rotatable bonds is 7. The molecule has 6 rings (SSSR count). The van der Waals surface area contributed by atoms with Crippen LogP contribution in [0.5, 0.6) is 0 Å². The minimum Gasteiger partial charge on any atom is -0.339 e.